The van der Waals surface area contributed by atoms with Crippen molar-refractivity contribution in [3.05, 3.63) is 83.9 Å². The van der Waals surface area contributed by atoms with Crippen LogP contribution in [0.15, 0.2) is 77.9 Å². The minimum Gasteiger partial charge on any atom is -0.495 e. The highest BCUT2D eigenvalue weighted by Gasteiger charge is 2.11. The molecular formula is C24H23N3O5. The highest BCUT2D eigenvalue weighted by atomic mass is 16.5. The zero-order chi connectivity index (χ0) is 22.8. The number of amides is 2. The molecule has 3 rings (SSSR count). The highest BCUT2D eigenvalue weighted by molar-refractivity contribution is 5.95. The maximum absolute atomic E-state index is 12.2. The summed E-state index contributed by atoms with van der Waals surface area (Å²) >= 11 is 0. The monoisotopic (exact) mass is 433 g/mol. The first-order valence-corrected chi connectivity index (χ1v) is 9.73. The number of methoxy groups -OCH3 is 2. The molecule has 0 aliphatic heterocycles. The van der Waals surface area contributed by atoms with E-state index in [0.29, 0.717) is 34.1 Å². The molecular weight excluding hydrogens is 410 g/mol. The highest BCUT2D eigenvalue weighted by Crippen LogP contribution is 2.28. The average Bonchev–Trinajstić information content (AvgIpc) is 2.83. The number of nitrogens with one attached hydrogen (secondary N) is 2. The lowest BCUT2D eigenvalue weighted by atomic mass is 10.2. The third-order valence-electron chi connectivity index (χ3n) is 4.34. The van der Waals surface area contributed by atoms with Gasteiger partial charge in [0.05, 0.1) is 26.1 Å². The van der Waals surface area contributed by atoms with E-state index in [2.05, 4.69) is 15.8 Å². The topological polar surface area (TPSA) is 98.3 Å². The zero-order valence-corrected chi connectivity index (χ0v) is 17.7. The number of hydrazone groups is 1. The fraction of sp³-hybridized carbons (Fsp3) is 0.125. The minimum absolute atomic E-state index is 0.213. The van der Waals surface area contributed by atoms with Crippen molar-refractivity contribution in [1.82, 2.24) is 5.43 Å². The number of hydrogen-bond donors (Lipinski definition) is 2. The van der Waals surface area contributed by atoms with Crippen LogP contribution in [0.3, 0.4) is 0 Å². The summed E-state index contributed by atoms with van der Waals surface area (Å²) in [5.41, 5.74) is 4.22. The Morgan fingerprint density at radius 3 is 2.34 bits per heavy atom. The van der Waals surface area contributed by atoms with Gasteiger partial charge in [0.2, 0.25) is 0 Å². The first-order chi connectivity index (χ1) is 15.6. The fourth-order valence-electron chi connectivity index (χ4n) is 2.78. The van der Waals surface area contributed by atoms with E-state index in [1.165, 1.54) is 20.4 Å². The van der Waals surface area contributed by atoms with Crippen LogP contribution in [0.2, 0.25) is 0 Å². The predicted molar refractivity (Wildman–Crippen MR) is 122 cm³/mol. The number of carbonyl (C=O) groups excluding carboxylic acids is 2. The Hall–Kier alpha value is -4.33. The smallest absolute Gasteiger partial charge is 0.271 e. The molecule has 8 nitrogen and oxygen atoms in total. The molecule has 2 amide bonds. The van der Waals surface area contributed by atoms with Crippen LogP contribution in [0.25, 0.3) is 0 Å². The van der Waals surface area contributed by atoms with Gasteiger partial charge in [-0.3, -0.25) is 9.59 Å². The molecule has 0 atom stereocenters. The number of carbonyl (C=O) groups is 2. The Morgan fingerprint density at radius 2 is 1.59 bits per heavy atom. The normalized spacial score (nSPS) is 10.4. The minimum atomic E-state index is -0.342. The van der Waals surface area contributed by atoms with E-state index in [4.69, 9.17) is 14.2 Å². The second-order valence-electron chi connectivity index (χ2n) is 6.51. The molecule has 0 saturated heterocycles. The van der Waals surface area contributed by atoms with Gasteiger partial charge in [-0.05, 0) is 48.0 Å². The van der Waals surface area contributed by atoms with Gasteiger partial charge in [0, 0.05) is 5.56 Å². The van der Waals surface area contributed by atoms with Crippen molar-refractivity contribution in [2.45, 2.75) is 0 Å². The fourth-order valence-corrected chi connectivity index (χ4v) is 2.78. The van der Waals surface area contributed by atoms with Crippen molar-refractivity contribution in [3.63, 3.8) is 0 Å². The lowest BCUT2D eigenvalue weighted by molar-refractivity contribution is -0.118. The molecule has 0 unspecified atom stereocenters. The van der Waals surface area contributed by atoms with Crippen molar-refractivity contribution in [2.24, 2.45) is 5.10 Å². The number of nitrogens with zero attached hydrogens (tertiary/aromatic N) is 1. The van der Waals surface area contributed by atoms with Crippen molar-refractivity contribution in [3.8, 4) is 17.2 Å². The first kappa shape index (κ1) is 22.4. The van der Waals surface area contributed by atoms with Gasteiger partial charge in [-0.2, -0.15) is 5.10 Å². The molecule has 0 aromatic heterocycles. The predicted octanol–water partition coefficient (Wildman–Crippen LogP) is 3.49. The second kappa shape index (κ2) is 11.2. The molecule has 0 heterocycles. The van der Waals surface area contributed by atoms with Crippen LogP contribution in [0.4, 0.5) is 5.69 Å². The van der Waals surface area contributed by atoms with Crippen LogP contribution in [0.5, 0.6) is 17.2 Å². The van der Waals surface area contributed by atoms with Gasteiger partial charge >= 0.3 is 0 Å². The third-order valence-corrected chi connectivity index (χ3v) is 4.34. The van der Waals surface area contributed by atoms with Crippen molar-refractivity contribution in [1.29, 1.82) is 0 Å². The molecule has 8 heteroatoms. The Labute approximate surface area is 185 Å². The maximum Gasteiger partial charge on any atom is 0.271 e. The molecule has 164 valence electrons. The molecule has 0 saturated carbocycles. The van der Waals surface area contributed by atoms with Crippen molar-refractivity contribution >= 4 is 23.7 Å². The molecule has 2 N–H and O–H groups in total. The molecule has 3 aromatic rings. The van der Waals surface area contributed by atoms with E-state index in [0.717, 1.165) is 0 Å². The Kier molecular flexibility index (Phi) is 7.80. The summed E-state index contributed by atoms with van der Waals surface area (Å²) in [6.45, 7) is -0.213. The summed E-state index contributed by atoms with van der Waals surface area (Å²) in [6, 6.07) is 21.0. The van der Waals surface area contributed by atoms with Gasteiger partial charge in [0.25, 0.3) is 11.8 Å². The summed E-state index contributed by atoms with van der Waals surface area (Å²) in [7, 11) is 3.03. The van der Waals surface area contributed by atoms with Crippen molar-refractivity contribution < 1.29 is 23.8 Å². The lowest BCUT2D eigenvalue weighted by Gasteiger charge is -2.12. The molecule has 0 bridgehead atoms. The van der Waals surface area contributed by atoms with Gasteiger partial charge in [-0.15, -0.1) is 0 Å². The van der Waals surface area contributed by atoms with E-state index in [-0.39, 0.29) is 18.4 Å². The summed E-state index contributed by atoms with van der Waals surface area (Å²) in [4.78, 5) is 24.3. The summed E-state index contributed by atoms with van der Waals surface area (Å²) in [5.74, 6) is 0.726. The van der Waals surface area contributed by atoms with Gasteiger partial charge in [0.15, 0.2) is 18.1 Å². The van der Waals surface area contributed by atoms with E-state index in [9.17, 15) is 9.59 Å². The first-order valence-electron chi connectivity index (χ1n) is 9.73. The van der Waals surface area contributed by atoms with Crippen LogP contribution in [0, 0.1) is 0 Å². The molecule has 0 radical (unpaired) electrons. The number of benzene rings is 3. The second-order valence-corrected chi connectivity index (χ2v) is 6.51. The molecule has 0 spiro atoms. The number of rotatable bonds is 9. The SMILES string of the molecule is COc1ccccc1NC(=O)COc1ccc(/C=N/NC(=O)c2ccccc2)cc1OC. The van der Waals surface area contributed by atoms with Crippen LogP contribution in [-0.2, 0) is 4.79 Å². The lowest BCUT2D eigenvalue weighted by Crippen LogP contribution is -2.20. The third kappa shape index (κ3) is 6.09. The molecule has 0 aliphatic rings. The Bertz CT molecular complexity index is 1100. The van der Waals surface area contributed by atoms with Gasteiger partial charge in [-0.1, -0.05) is 30.3 Å². The van der Waals surface area contributed by atoms with E-state index in [1.54, 1.807) is 60.7 Å². The standard InChI is InChI=1S/C24H23N3O5/c1-30-20-11-7-6-10-19(20)26-23(28)16-32-21-13-12-17(14-22(21)31-2)15-25-27-24(29)18-8-4-3-5-9-18/h3-15H,16H2,1-2H3,(H,26,28)(H,27,29)/b25-15+. The van der Waals surface area contributed by atoms with E-state index in [1.807, 2.05) is 12.1 Å². The largest absolute Gasteiger partial charge is 0.495 e. The molecule has 0 fully saturated rings. The molecule has 32 heavy (non-hydrogen) atoms. The summed E-state index contributed by atoms with van der Waals surface area (Å²) < 4.78 is 16.2. The zero-order valence-electron chi connectivity index (χ0n) is 17.7. The number of hydrogen-bond acceptors (Lipinski definition) is 6. The van der Waals surface area contributed by atoms with Crippen molar-refractivity contribution in [2.75, 3.05) is 26.1 Å². The Morgan fingerprint density at radius 1 is 0.875 bits per heavy atom. The quantitative estimate of drug-likeness (QED) is 0.398. The van der Waals surface area contributed by atoms with E-state index < -0.39 is 0 Å². The van der Waals surface area contributed by atoms with Gasteiger partial charge in [-0.25, -0.2) is 5.43 Å². The average molecular weight is 433 g/mol. The molecule has 3 aromatic carbocycles. The van der Waals surface area contributed by atoms with Crippen LogP contribution >= 0.6 is 0 Å². The number of anilines is 1. The summed E-state index contributed by atoms with van der Waals surface area (Å²) in [5, 5.41) is 6.70. The van der Waals surface area contributed by atoms with E-state index >= 15 is 0 Å². The maximum atomic E-state index is 12.2. The number of ether oxygens (including phenoxy) is 3. The van der Waals surface area contributed by atoms with Gasteiger partial charge in [0.1, 0.15) is 5.75 Å². The Balaban J connectivity index is 1.57. The summed E-state index contributed by atoms with van der Waals surface area (Å²) in [6.07, 6.45) is 1.49. The molecule has 0 aliphatic carbocycles. The number of para-hydroxylation sites is 2. The van der Waals surface area contributed by atoms with Crippen LogP contribution in [-0.4, -0.2) is 38.9 Å². The van der Waals surface area contributed by atoms with Gasteiger partial charge < -0.3 is 19.5 Å². The van der Waals surface area contributed by atoms with Crippen LogP contribution in [0.1, 0.15) is 15.9 Å². The van der Waals surface area contributed by atoms with Crippen LogP contribution < -0.4 is 25.0 Å².